The Morgan fingerprint density at radius 1 is 1.36 bits per heavy atom. The predicted octanol–water partition coefficient (Wildman–Crippen LogP) is 1.40. The van der Waals surface area contributed by atoms with Crippen LogP contribution in [0, 0.1) is 18.3 Å². The number of aryl methyl sites for hydroxylation is 1. The third-order valence-electron chi connectivity index (χ3n) is 4.32. The standard InChI is InChI=1S/C17H20N6O2/c1-12-9-15(21-25-12)20-17(24)13(2)22-5-7-23(8-6-22)16-10-14(11-18)3-4-19-16/h3-4,9-10,13H,5-8H2,1-2H3,(H,20,21,24)/t13-/m1/s1. The average molecular weight is 340 g/mol. The highest BCUT2D eigenvalue weighted by molar-refractivity contribution is 5.93. The first-order valence-corrected chi connectivity index (χ1v) is 8.16. The number of hydrogen-bond acceptors (Lipinski definition) is 7. The van der Waals surface area contributed by atoms with Gasteiger partial charge in [-0.1, -0.05) is 5.16 Å². The fraction of sp³-hybridized carbons (Fsp3) is 0.412. The number of anilines is 2. The van der Waals surface area contributed by atoms with Gasteiger partial charge < -0.3 is 14.7 Å². The van der Waals surface area contributed by atoms with Gasteiger partial charge in [0, 0.05) is 38.4 Å². The number of carbonyl (C=O) groups is 1. The molecule has 2 aromatic rings. The molecule has 25 heavy (non-hydrogen) atoms. The van der Waals surface area contributed by atoms with E-state index < -0.39 is 0 Å². The molecule has 1 N–H and O–H groups in total. The van der Waals surface area contributed by atoms with E-state index >= 15 is 0 Å². The fourth-order valence-electron chi connectivity index (χ4n) is 2.82. The number of pyridine rings is 1. The van der Waals surface area contributed by atoms with Gasteiger partial charge >= 0.3 is 0 Å². The van der Waals surface area contributed by atoms with E-state index in [1.165, 1.54) is 0 Å². The molecule has 130 valence electrons. The van der Waals surface area contributed by atoms with Crippen molar-refractivity contribution in [2.75, 3.05) is 36.4 Å². The van der Waals surface area contributed by atoms with E-state index in [1.807, 2.05) is 6.92 Å². The molecule has 0 unspecified atom stereocenters. The molecule has 8 heteroatoms. The molecule has 0 saturated carbocycles. The first-order valence-electron chi connectivity index (χ1n) is 8.16. The van der Waals surface area contributed by atoms with Crippen LogP contribution in [0.4, 0.5) is 11.6 Å². The Bertz CT molecular complexity index is 788. The molecule has 0 aliphatic carbocycles. The number of nitrogens with zero attached hydrogens (tertiary/aromatic N) is 5. The van der Waals surface area contributed by atoms with Crippen molar-refractivity contribution >= 4 is 17.5 Å². The van der Waals surface area contributed by atoms with Crippen LogP contribution in [0.5, 0.6) is 0 Å². The van der Waals surface area contributed by atoms with E-state index in [9.17, 15) is 4.79 Å². The van der Waals surface area contributed by atoms with Gasteiger partial charge in [-0.3, -0.25) is 9.69 Å². The molecule has 1 aliphatic heterocycles. The van der Waals surface area contributed by atoms with Crippen molar-refractivity contribution in [1.29, 1.82) is 5.26 Å². The summed E-state index contributed by atoms with van der Waals surface area (Å²) in [6, 6.07) is 7.04. The molecule has 8 nitrogen and oxygen atoms in total. The minimum Gasteiger partial charge on any atom is -0.360 e. The Labute approximate surface area is 146 Å². The van der Waals surface area contributed by atoms with Gasteiger partial charge in [0.25, 0.3) is 0 Å². The SMILES string of the molecule is Cc1cc(NC(=O)[C@@H](C)N2CCN(c3cc(C#N)ccn3)CC2)no1. The molecule has 1 aliphatic rings. The van der Waals surface area contributed by atoms with Crippen LogP contribution in [0.25, 0.3) is 0 Å². The van der Waals surface area contributed by atoms with Gasteiger partial charge in [-0.15, -0.1) is 0 Å². The summed E-state index contributed by atoms with van der Waals surface area (Å²) in [6.45, 7) is 6.65. The van der Waals surface area contributed by atoms with Crippen molar-refractivity contribution < 1.29 is 9.32 Å². The summed E-state index contributed by atoms with van der Waals surface area (Å²) in [4.78, 5) is 20.9. The second-order valence-corrected chi connectivity index (χ2v) is 6.03. The molecule has 1 fully saturated rings. The molecule has 1 atom stereocenters. The second kappa shape index (κ2) is 7.32. The summed E-state index contributed by atoms with van der Waals surface area (Å²) >= 11 is 0. The molecule has 0 bridgehead atoms. The van der Waals surface area contributed by atoms with E-state index in [0.717, 1.165) is 32.0 Å². The van der Waals surface area contributed by atoms with Gasteiger partial charge in [-0.2, -0.15) is 5.26 Å². The van der Waals surface area contributed by atoms with Crippen LogP contribution in [0.2, 0.25) is 0 Å². The van der Waals surface area contributed by atoms with Crippen LogP contribution >= 0.6 is 0 Å². The molecule has 1 amide bonds. The minimum absolute atomic E-state index is 0.105. The highest BCUT2D eigenvalue weighted by Crippen LogP contribution is 2.16. The van der Waals surface area contributed by atoms with Gasteiger partial charge in [0.05, 0.1) is 17.7 Å². The molecule has 3 heterocycles. The smallest absolute Gasteiger partial charge is 0.242 e. The molecule has 3 rings (SSSR count). The van der Waals surface area contributed by atoms with Crippen molar-refractivity contribution in [3.05, 3.63) is 35.7 Å². The number of carbonyl (C=O) groups excluding carboxylic acids is 1. The zero-order chi connectivity index (χ0) is 17.8. The normalized spacial score (nSPS) is 16.3. The van der Waals surface area contributed by atoms with Crippen LogP contribution < -0.4 is 10.2 Å². The van der Waals surface area contributed by atoms with E-state index in [-0.39, 0.29) is 11.9 Å². The lowest BCUT2D eigenvalue weighted by molar-refractivity contribution is -0.120. The lowest BCUT2D eigenvalue weighted by Crippen LogP contribution is -2.53. The third kappa shape index (κ3) is 3.95. The molecule has 1 saturated heterocycles. The summed E-state index contributed by atoms with van der Waals surface area (Å²) in [6.07, 6.45) is 1.65. The van der Waals surface area contributed by atoms with Gasteiger partial charge in [0.2, 0.25) is 5.91 Å². The third-order valence-corrected chi connectivity index (χ3v) is 4.32. The number of nitriles is 1. The number of rotatable bonds is 4. The summed E-state index contributed by atoms with van der Waals surface area (Å²) in [5.41, 5.74) is 0.600. The maximum atomic E-state index is 12.4. The Morgan fingerprint density at radius 2 is 2.12 bits per heavy atom. The first-order chi connectivity index (χ1) is 12.1. The zero-order valence-corrected chi connectivity index (χ0v) is 14.3. The van der Waals surface area contributed by atoms with Crippen LogP contribution in [-0.4, -0.2) is 53.2 Å². The van der Waals surface area contributed by atoms with Crippen molar-refractivity contribution in [1.82, 2.24) is 15.0 Å². The highest BCUT2D eigenvalue weighted by atomic mass is 16.5. The Kier molecular flexibility index (Phi) is 4.95. The Morgan fingerprint density at radius 3 is 2.76 bits per heavy atom. The van der Waals surface area contributed by atoms with Crippen LogP contribution in [0.3, 0.4) is 0 Å². The fourth-order valence-corrected chi connectivity index (χ4v) is 2.82. The van der Waals surface area contributed by atoms with E-state index in [4.69, 9.17) is 9.78 Å². The van der Waals surface area contributed by atoms with Crippen molar-refractivity contribution in [3.63, 3.8) is 0 Å². The second-order valence-electron chi connectivity index (χ2n) is 6.03. The summed E-state index contributed by atoms with van der Waals surface area (Å²) in [7, 11) is 0. The van der Waals surface area contributed by atoms with Gasteiger partial charge in [0.15, 0.2) is 5.82 Å². The van der Waals surface area contributed by atoms with E-state index in [0.29, 0.717) is 17.1 Å². The lowest BCUT2D eigenvalue weighted by atomic mass is 10.2. The monoisotopic (exact) mass is 340 g/mol. The quantitative estimate of drug-likeness (QED) is 0.898. The largest absolute Gasteiger partial charge is 0.360 e. The van der Waals surface area contributed by atoms with Gasteiger partial charge in [-0.05, 0) is 26.0 Å². The number of amides is 1. The molecule has 2 aromatic heterocycles. The molecular weight excluding hydrogens is 320 g/mol. The molecule has 0 radical (unpaired) electrons. The lowest BCUT2D eigenvalue weighted by Gasteiger charge is -2.37. The molecule has 0 aromatic carbocycles. The number of aromatic nitrogens is 2. The van der Waals surface area contributed by atoms with Crippen LogP contribution in [0.15, 0.2) is 28.9 Å². The van der Waals surface area contributed by atoms with Gasteiger partial charge in [0.1, 0.15) is 11.6 Å². The molecular formula is C17H20N6O2. The van der Waals surface area contributed by atoms with Crippen molar-refractivity contribution in [3.8, 4) is 6.07 Å². The highest BCUT2D eigenvalue weighted by Gasteiger charge is 2.26. The van der Waals surface area contributed by atoms with Crippen molar-refractivity contribution in [2.24, 2.45) is 0 Å². The summed E-state index contributed by atoms with van der Waals surface area (Å²) < 4.78 is 4.96. The average Bonchev–Trinajstić information content (AvgIpc) is 3.06. The number of hydrogen-bond donors (Lipinski definition) is 1. The minimum atomic E-state index is -0.266. The van der Waals surface area contributed by atoms with E-state index in [2.05, 4.69) is 31.3 Å². The zero-order valence-electron chi connectivity index (χ0n) is 14.3. The topological polar surface area (TPSA) is 98.3 Å². The predicted molar refractivity (Wildman–Crippen MR) is 92.1 cm³/mol. The van der Waals surface area contributed by atoms with Crippen LogP contribution in [-0.2, 0) is 4.79 Å². The number of piperazine rings is 1. The summed E-state index contributed by atoms with van der Waals surface area (Å²) in [5, 5.41) is 15.6. The summed E-state index contributed by atoms with van der Waals surface area (Å²) in [5.74, 6) is 1.79. The van der Waals surface area contributed by atoms with E-state index in [1.54, 1.807) is 31.3 Å². The maximum absolute atomic E-state index is 12.4. The van der Waals surface area contributed by atoms with Crippen LogP contribution in [0.1, 0.15) is 18.2 Å². The number of nitrogens with one attached hydrogen (secondary N) is 1. The Balaban J connectivity index is 1.56. The van der Waals surface area contributed by atoms with Gasteiger partial charge in [-0.25, -0.2) is 4.98 Å². The molecule has 0 spiro atoms. The maximum Gasteiger partial charge on any atom is 0.242 e. The first kappa shape index (κ1) is 16.9. The van der Waals surface area contributed by atoms with Crippen molar-refractivity contribution in [2.45, 2.75) is 19.9 Å². The Hall–Kier alpha value is -2.92.